The number of thiophene rings is 1. The lowest BCUT2D eigenvalue weighted by Gasteiger charge is -2.34. The Balaban J connectivity index is 1.42. The number of rotatable bonds is 7. The molecule has 0 spiro atoms. The highest BCUT2D eigenvalue weighted by molar-refractivity contribution is 7.13. The monoisotopic (exact) mass is 571 g/mol. The van der Waals surface area contributed by atoms with Crippen LogP contribution < -0.4 is 14.5 Å². The van der Waals surface area contributed by atoms with Gasteiger partial charge in [0.2, 0.25) is 5.88 Å². The zero-order valence-electron chi connectivity index (χ0n) is 19.7. The van der Waals surface area contributed by atoms with Crippen molar-refractivity contribution >= 4 is 40.4 Å². The second-order valence-electron chi connectivity index (χ2n) is 9.05. The Hall–Kier alpha value is -3.19. The topological polar surface area (TPSA) is 91.7 Å². The van der Waals surface area contributed by atoms with Gasteiger partial charge in [-0.25, -0.2) is 37.3 Å². The van der Waals surface area contributed by atoms with E-state index >= 15 is 0 Å². The lowest BCUT2D eigenvalue weighted by molar-refractivity contribution is -0.138. The van der Waals surface area contributed by atoms with Gasteiger partial charge in [-0.1, -0.05) is 17.7 Å². The number of hydrogen-bond acceptors (Lipinski definition) is 8. The van der Waals surface area contributed by atoms with Crippen LogP contribution in [0.3, 0.4) is 0 Å². The highest BCUT2D eigenvalue weighted by atomic mass is 35.5. The Bertz CT molecular complexity index is 1310. The van der Waals surface area contributed by atoms with E-state index in [-0.39, 0.29) is 56.3 Å². The molecule has 0 unspecified atom stereocenters. The molecule has 0 aromatic carbocycles. The third kappa shape index (κ3) is 5.63. The van der Waals surface area contributed by atoms with Crippen molar-refractivity contribution in [3.05, 3.63) is 46.7 Å². The van der Waals surface area contributed by atoms with Crippen molar-refractivity contribution in [2.24, 2.45) is 0 Å². The quantitative estimate of drug-likeness (QED) is 0.370. The van der Waals surface area contributed by atoms with E-state index in [0.29, 0.717) is 15.6 Å². The highest BCUT2D eigenvalue weighted by Crippen LogP contribution is 2.38. The second kappa shape index (κ2) is 10.5. The smallest absolute Gasteiger partial charge is 0.326 e. The van der Waals surface area contributed by atoms with Gasteiger partial charge in [-0.15, -0.1) is 11.3 Å². The third-order valence-electron chi connectivity index (χ3n) is 6.45. The molecule has 8 nitrogen and oxygen atoms in total. The number of carboxylic acids is 1. The maximum absolute atomic E-state index is 13.7. The summed E-state index contributed by atoms with van der Waals surface area (Å²) in [5, 5.41) is 12.0. The number of aliphatic carboxylic acids is 1. The molecule has 14 heteroatoms. The summed E-state index contributed by atoms with van der Waals surface area (Å²) in [5.41, 5.74) is 0.692. The average Bonchev–Trinajstić information content (AvgIpc) is 3.56. The Labute approximate surface area is 223 Å². The number of piperidine rings is 1. The molecular formula is C24H22ClF4N5O3S. The van der Waals surface area contributed by atoms with Crippen LogP contribution in [-0.4, -0.2) is 63.7 Å². The van der Waals surface area contributed by atoms with Gasteiger partial charge in [0.1, 0.15) is 23.7 Å². The molecule has 0 aliphatic carbocycles. The van der Waals surface area contributed by atoms with Gasteiger partial charge in [0.25, 0.3) is 12.3 Å². The number of pyridine rings is 1. The number of nitrogens with zero attached hydrogens (tertiary/aromatic N) is 5. The van der Waals surface area contributed by atoms with Gasteiger partial charge in [0.15, 0.2) is 5.82 Å². The fourth-order valence-corrected chi connectivity index (χ4v) is 5.42. The van der Waals surface area contributed by atoms with Gasteiger partial charge in [0, 0.05) is 44.6 Å². The first-order chi connectivity index (χ1) is 18.1. The van der Waals surface area contributed by atoms with E-state index in [1.165, 1.54) is 28.5 Å². The molecule has 0 radical (unpaired) electrons. The van der Waals surface area contributed by atoms with Crippen LogP contribution in [0.2, 0.25) is 5.02 Å². The number of anilines is 2. The van der Waals surface area contributed by atoms with Crippen LogP contribution >= 0.6 is 22.9 Å². The molecule has 0 saturated carbocycles. The second-order valence-corrected chi connectivity index (χ2v) is 10.4. The summed E-state index contributed by atoms with van der Waals surface area (Å²) < 4.78 is 60.7. The van der Waals surface area contributed by atoms with Crippen molar-refractivity contribution in [2.45, 2.75) is 43.8 Å². The summed E-state index contributed by atoms with van der Waals surface area (Å²) in [7, 11) is 0. The van der Waals surface area contributed by atoms with Crippen molar-refractivity contribution in [2.75, 3.05) is 29.4 Å². The molecule has 2 atom stereocenters. The van der Waals surface area contributed by atoms with E-state index in [4.69, 9.17) is 16.3 Å². The summed E-state index contributed by atoms with van der Waals surface area (Å²) in [6.45, 7) is 0.161. The van der Waals surface area contributed by atoms with E-state index < -0.39 is 36.3 Å². The van der Waals surface area contributed by atoms with Crippen molar-refractivity contribution in [3.63, 3.8) is 0 Å². The van der Waals surface area contributed by atoms with Crippen LogP contribution in [0.25, 0.3) is 10.6 Å². The number of carboxylic acid groups (broad SMARTS) is 1. The number of carbonyl (C=O) groups is 1. The van der Waals surface area contributed by atoms with E-state index in [9.17, 15) is 27.5 Å². The first-order valence-corrected chi connectivity index (χ1v) is 13.0. The zero-order valence-corrected chi connectivity index (χ0v) is 21.3. The van der Waals surface area contributed by atoms with Crippen LogP contribution in [0, 0.1) is 0 Å². The number of alkyl halides is 4. The molecule has 3 aromatic heterocycles. The standard InChI is InChI=1S/C24H22ClF4N5O3S/c25-13-8-16(33-5-3-24(28,29)4-6-33)22(30-11-13)37-14-9-17(23(35)36)34(12-14)19-10-15(18-2-1-7-38-18)31-21(32-19)20(26)27/h1-2,7-8,10-11,14,17,20H,3-6,9,12H2,(H,35,36)/t14-,17-/m0/s1. The Morgan fingerprint density at radius 1 is 1.24 bits per heavy atom. The summed E-state index contributed by atoms with van der Waals surface area (Å²) in [5.74, 6) is -4.46. The van der Waals surface area contributed by atoms with Crippen molar-refractivity contribution in [1.29, 1.82) is 0 Å². The van der Waals surface area contributed by atoms with E-state index in [1.807, 2.05) is 0 Å². The third-order valence-corrected chi connectivity index (χ3v) is 7.55. The Kier molecular flexibility index (Phi) is 7.32. The van der Waals surface area contributed by atoms with Gasteiger partial charge in [-0.2, -0.15) is 0 Å². The normalized spacial score (nSPS) is 21.2. The summed E-state index contributed by atoms with van der Waals surface area (Å²) in [4.78, 5) is 28.0. The molecule has 202 valence electrons. The summed E-state index contributed by atoms with van der Waals surface area (Å²) in [6.07, 6.45) is -2.95. The molecule has 2 saturated heterocycles. The molecule has 2 aliphatic rings. The van der Waals surface area contributed by atoms with Crippen molar-refractivity contribution in [3.8, 4) is 16.5 Å². The molecule has 0 amide bonds. The average molecular weight is 572 g/mol. The summed E-state index contributed by atoms with van der Waals surface area (Å²) >= 11 is 7.43. The molecule has 1 N–H and O–H groups in total. The molecule has 5 heterocycles. The number of hydrogen-bond donors (Lipinski definition) is 1. The van der Waals surface area contributed by atoms with Crippen molar-refractivity contribution < 1.29 is 32.2 Å². The minimum absolute atomic E-state index is 0.0134. The molecule has 0 bridgehead atoms. The van der Waals surface area contributed by atoms with Gasteiger partial charge in [0.05, 0.1) is 22.1 Å². The predicted octanol–water partition coefficient (Wildman–Crippen LogP) is 5.54. The maximum Gasteiger partial charge on any atom is 0.326 e. The van der Waals surface area contributed by atoms with Gasteiger partial charge in [-0.05, 0) is 17.5 Å². The fourth-order valence-electron chi connectivity index (χ4n) is 4.58. The van der Waals surface area contributed by atoms with E-state index in [1.54, 1.807) is 28.5 Å². The minimum atomic E-state index is -2.95. The van der Waals surface area contributed by atoms with E-state index in [2.05, 4.69) is 15.0 Å². The van der Waals surface area contributed by atoms with Crippen LogP contribution in [0.5, 0.6) is 5.88 Å². The highest BCUT2D eigenvalue weighted by Gasteiger charge is 2.41. The zero-order chi connectivity index (χ0) is 27.0. The minimum Gasteiger partial charge on any atom is -0.480 e. The Morgan fingerprint density at radius 2 is 2.00 bits per heavy atom. The number of aromatic nitrogens is 3. The van der Waals surface area contributed by atoms with Crippen LogP contribution in [0.1, 0.15) is 31.5 Å². The Morgan fingerprint density at radius 3 is 2.66 bits per heavy atom. The predicted molar refractivity (Wildman–Crippen MR) is 134 cm³/mol. The SMILES string of the molecule is O=C(O)[C@@H]1C[C@H](Oc2ncc(Cl)cc2N2CCC(F)(F)CC2)CN1c1cc(-c2cccs2)nc(C(F)F)n1. The molecular weight excluding hydrogens is 550 g/mol. The molecule has 2 aliphatic heterocycles. The molecule has 38 heavy (non-hydrogen) atoms. The van der Waals surface area contributed by atoms with Crippen molar-refractivity contribution in [1.82, 2.24) is 15.0 Å². The van der Waals surface area contributed by atoms with Gasteiger partial charge in [-0.3, -0.25) is 0 Å². The molecule has 3 aromatic rings. The first-order valence-electron chi connectivity index (χ1n) is 11.7. The van der Waals surface area contributed by atoms with Gasteiger partial charge >= 0.3 is 5.97 Å². The molecule has 5 rings (SSSR count). The number of ether oxygens (including phenoxy) is 1. The maximum atomic E-state index is 13.7. The van der Waals surface area contributed by atoms with Crippen LogP contribution in [-0.2, 0) is 4.79 Å². The summed E-state index contributed by atoms with van der Waals surface area (Å²) in [6, 6.07) is 5.42. The van der Waals surface area contributed by atoms with Crippen LogP contribution in [0.4, 0.5) is 29.1 Å². The van der Waals surface area contributed by atoms with Gasteiger partial charge < -0.3 is 19.6 Å². The fraction of sp³-hybridized carbons (Fsp3) is 0.417. The number of halogens is 5. The molecule has 2 fully saturated rings. The lowest BCUT2D eigenvalue weighted by atomic mass is 10.1. The van der Waals surface area contributed by atoms with E-state index in [0.717, 1.165) is 0 Å². The largest absolute Gasteiger partial charge is 0.480 e. The lowest BCUT2D eigenvalue weighted by Crippen LogP contribution is -2.39. The van der Waals surface area contributed by atoms with Crippen LogP contribution in [0.15, 0.2) is 35.8 Å². The first kappa shape index (κ1) is 26.4.